The Labute approximate surface area is 69.9 Å². The zero-order chi connectivity index (χ0) is 8.10. The summed E-state index contributed by atoms with van der Waals surface area (Å²) in [6, 6.07) is 0. The molecule has 0 fully saturated rings. The van der Waals surface area contributed by atoms with Crippen molar-refractivity contribution in [1.82, 2.24) is 5.32 Å². The van der Waals surface area contributed by atoms with Crippen LogP contribution in [0, 0.1) is 0 Å². The molecular weight excluding hydrogens is 134 g/mol. The monoisotopic (exact) mass is 153 g/mol. The minimum atomic E-state index is 1.18. The van der Waals surface area contributed by atoms with Gasteiger partial charge in [0.25, 0.3) is 0 Å². The highest BCUT2D eigenvalue weighted by molar-refractivity contribution is 5.12. The number of hydrogen-bond acceptors (Lipinski definition) is 1. The molecule has 0 atom stereocenters. The maximum atomic E-state index is 3.44. The smallest absolute Gasteiger partial charge is 0.00115 e. The second-order valence-corrected chi connectivity index (χ2v) is 3.34. The third-order valence-electron chi connectivity index (χ3n) is 2.54. The van der Waals surface area contributed by atoms with Crippen LogP contribution in [-0.2, 0) is 0 Å². The van der Waals surface area contributed by atoms with E-state index in [0.29, 0.717) is 0 Å². The Hall–Kier alpha value is -0.300. The molecule has 1 N–H and O–H groups in total. The first-order chi connectivity index (χ1) is 5.34. The third kappa shape index (κ3) is 2.66. The van der Waals surface area contributed by atoms with Crippen LogP contribution in [-0.4, -0.2) is 13.1 Å². The molecule has 1 aliphatic heterocycles. The molecule has 0 saturated carbocycles. The van der Waals surface area contributed by atoms with Crippen LogP contribution in [0.4, 0.5) is 0 Å². The van der Waals surface area contributed by atoms with Crippen molar-refractivity contribution in [2.45, 2.75) is 39.5 Å². The molecule has 0 aromatic rings. The molecule has 0 unspecified atom stereocenters. The summed E-state index contributed by atoms with van der Waals surface area (Å²) in [7, 11) is 0. The largest absolute Gasteiger partial charge is 0.316 e. The molecule has 1 rings (SSSR count). The SMILES string of the molecule is CC/C1=C(\C)CCCNCC1. The van der Waals surface area contributed by atoms with E-state index in [-0.39, 0.29) is 0 Å². The van der Waals surface area contributed by atoms with Gasteiger partial charge < -0.3 is 5.32 Å². The van der Waals surface area contributed by atoms with E-state index in [1.807, 2.05) is 0 Å². The van der Waals surface area contributed by atoms with E-state index in [0.717, 1.165) is 0 Å². The lowest BCUT2D eigenvalue weighted by Gasteiger charge is -2.15. The van der Waals surface area contributed by atoms with Crippen LogP contribution < -0.4 is 5.32 Å². The lowest BCUT2D eigenvalue weighted by molar-refractivity contribution is 0.612. The molecule has 0 spiro atoms. The maximum Gasteiger partial charge on any atom is -0.00115 e. The van der Waals surface area contributed by atoms with Gasteiger partial charge in [0.05, 0.1) is 0 Å². The Bertz CT molecular complexity index is 147. The van der Waals surface area contributed by atoms with Gasteiger partial charge in [-0.25, -0.2) is 0 Å². The first-order valence-electron chi connectivity index (χ1n) is 4.72. The Morgan fingerprint density at radius 3 is 2.82 bits per heavy atom. The van der Waals surface area contributed by atoms with Crippen molar-refractivity contribution < 1.29 is 0 Å². The zero-order valence-corrected chi connectivity index (χ0v) is 7.74. The molecule has 1 nitrogen and oxygen atoms in total. The van der Waals surface area contributed by atoms with E-state index in [9.17, 15) is 0 Å². The molecule has 1 aliphatic rings. The number of rotatable bonds is 1. The normalized spacial score (nSPS) is 27.8. The van der Waals surface area contributed by atoms with Crippen molar-refractivity contribution in [3.8, 4) is 0 Å². The van der Waals surface area contributed by atoms with E-state index in [1.54, 1.807) is 11.1 Å². The first-order valence-corrected chi connectivity index (χ1v) is 4.72. The summed E-state index contributed by atoms with van der Waals surface area (Å²) >= 11 is 0. The molecule has 0 amide bonds. The Morgan fingerprint density at radius 2 is 2.09 bits per heavy atom. The van der Waals surface area contributed by atoms with Gasteiger partial charge >= 0.3 is 0 Å². The third-order valence-corrected chi connectivity index (χ3v) is 2.54. The van der Waals surface area contributed by atoms with Gasteiger partial charge in [0, 0.05) is 0 Å². The van der Waals surface area contributed by atoms with Crippen molar-refractivity contribution in [3.63, 3.8) is 0 Å². The summed E-state index contributed by atoms with van der Waals surface area (Å²) < 4.78 is 0. The van der Waals surface area contributed by atoms with Crippen LogP contribution in [0.2, 0.25) is 0 Å². The van der Waals surface area contributed by atoms with Crippen LogP contribution in [0.5, 0.6) is 0 Å². The van der Waals surface area contributed by atoms with Crippen LogP contribution >= 0.6 is 0 Å². The summed E-state index contributed by atoms with van der Waals surface area (Å²) in [6.45, 7) is 6.94. The molecule has 0 bridgehead atoms. The summed E-state index contributed by atoms with van der Waals surface area (Å²) in [5.41, 5.74) is 3.33. The maximum absolute atomic E-state index is 3.44. The fourth-order valence-corrected chi connectivity index (χ4v) is 1.71. The Kier molecular flexibility index (Phi) is 3.64. The highest BCUT2D eigenvalue weighted by Crippen LogP contribution is 2.17. The van der Waals surface area contributed by atoms with E-state index in [4.69, 9.17) is 0 Å². The fraction of sp³-hybridized carbons (Fsp3) is 0.800. The van der Waals surface area contributed by atoms with Crippen molar-refractivity contribution >= 4 is 0 Å². The predicted molar refractivity (Wildman–Crippen MR) is 49.7 cm³/mol. The number of hydrogen-bond donors (Lipinski definition) is 1. The average Bonchev–Trinajstić information content (AvgIpc) is 1.98. The van der Waals surface area contributed by atoms with E-state index < -0.39 is 0 Å². The van der Waals surface area contributed by atoms with Gasteiger partial charge in [-0.2, -0.15) is 0 Å². The second-order valence-electron chi connectivity index (χ2n) is 3.34. The van der Waals surface area contributed by atoms with Gasteiger partial charge in [-0.15, -0.1) is 0 Å². The van der Waals surface area contributed by atoms with Gasteiger partial charge in [-0.1, -0.05) is 18.1 Å². The van der Waals surface area contributed by atoms with Crippen LogP contribution in [0.3, 0.4) is 0 Å². The quantitative estimate of drug-likeness (QED) is 0.571. The predicted octanol–water partition coefficient (Wildman–Crippen LogP) is 2.49. The molecule has 64 valence electrons. The summed E-state index contributed by atoms with van der Waals surface area (Å²) in [5, 5.41) is 3.44. The Morgan fingerprint density at radius 1 is 1.27 bits per heavy atom. The molecule has 11 heavy (non-hydrogen) atoms. The topological polar surface area (TPSA) is 12.0 Å². The van der Waals surface area contributed by atoms with Crippen LogP contribution in [0.25, 0.3) is 0 Å². The van der Waals surface area contributed by atoms with Crippen molar-refractivity contribution in [3.05, 3.63) is 11.1 Å². The lowest BCUT2D eigenvalue weighted by Crippen LogP contribution is -2.19. The molecule has 1 heteroatoms. The Balaban J connectivity index is 2.56. The first kappa shape index (κ1) is 8.79. The van der Waals surface area contributed by atoms with Gasteiger partial charge in [0.2, 0.25) is 0 Å². The molecule has 0 saturated heterocycles. The van der Waals surface area contributed by atoms with Gasteiger partial charge in [0.1, 0.15) is 0 Å². The minimum absolute atomic E-state index is 1.18. The molecule has 0 aromatic carbocycles. The van der Waals surface area contributed by atoms with Gasteiger partial charge in [0.15, 0.2) is 0 Å². The van der Waals surface area contributed by atoms with Crippen molar-refractivity contribution in [2.24, 2.45) is 0 Å². The van der Waals surface area contributed by atoms with Crippen LogP contribution in [0.1, 0.15) is 39.5 Å². The molecule has 0 radical (unpaired) electrons. The van der Waals surface area contributed by atoms with E-state index >= 15 is 0 Å². The van der Waals surface area contributed by atoms with Crippen LogP contribution in [0.15, 0.2) is 11.1 Å². The lowest BCUT2D eigenvalue weighted by atomic mass is 9.98. The molecular formula is C10H19N. The highest BCUT2D eigenvalue weighted by atomic mass is 14.8. The molecule has 0 aromatic heterocycles. The number of nitrogens with one attached hydrogen (secondary N) is 1. The van der Waals surface area contributed by atoms with Gasteiger partial charge in [-0.05, 0) is 45.7 Å². The van der Waals surface area contributed by atoms with Crippen molar-refractivity contribution in [1.29, 1.82) is 0 Å². The van der Waals surface area contributed by atoms with E-state index in [2.05, 4.69) is 19.2 Å². The second kappa shape index (κ2) is 4.55. The standard InChI is InChI=1S/C10H19N/c1-3-10-6-8-11-7-4-5-9(10)2/h11H,3-8H2,1-2H3/b10-9-. The minimum Gasteiger partial charge on any atom is -0.316 e. The summed E-state index contributed by atoms with van der Waals surface area (Å²) in [5.74, 6) is 0. The fourth-order valence-electron chi connectivity index (χ4n) is 1.71. The summed E-state index contributed by atoms with van der Waals surface area (Å²) in [4.78, 5) is 0. The van der Waals surface area contributed by atoms with E-state index in [1.165, 1.54) is 38.8 Å². The average molecular weight is 153 g/mol. The molecule has 0 aliphatic carbocycles. The summed E-state index contributed by atoms with van der Waals surface area (Å²) in [6.07, 6.45) is 5.13. The highest BCUT2D eigenvalue weighted by Gasteiger charge is 2.03. The molecule has 1 heterocycles. The van der Waals surface area contributed by atoms with Gasteiger partial charge in [-0.3, -0.25) is 0 Å². The number of allylic oxidation sites excluding steroid dienone is 1. The van der Waals surface area contributed by atoms with Crippen molar-refractivity contribution in [2.75, 3.05) is 13.1 Å². The zero-order valence-electron chi connectivity index (χ0n) is 7.74.